The normalized spacial score (nSPS) is 18.7. The average molecular weight is 474 g/mol. The number of allylic oxidation sites excluding steroid dienone is 2. The van der Waals surface area contributed by atoms with Crippen LogP contribution in [-0.2, 0) is 31.0 Å². The van der Waals surface area contributed by atoms with Crippen LogP contribution in [0.3, 0.4) is 0 Å². The third kappa shape index (κ3) is 3.12. The molecule has 9 nitrogen and oxygen atoms in total. The molecule has 0 saturated carbocycles. The van der Waals surface area contributed by atoms with Crippen molar-refractivity contribution in [2.24, 2.45) is 0 Å². The third-order valence-electron chi connectivity index (χ3n) is 6.57. The lowest BCUT2D eigenvalue weighted by Crippen LogP contribution is -2.58. The van der Waals surface area contributed by atoms with Crippen molar-refractivity contribution < 1.29 is 34.1 Å². The van der Waals surface area contributed by atoms with E-state index < -0.39 is 23.3 Å². The van der Waals surface area contributed by atoms with Crippen LogP contribution in [0.2, 0.25) is 0 Å². The number of hydrogen-bond donors (Lipinski definition) is 3. The minimum absolute atomic E-state index is 0.0589. The van der Waals surface area contributed by atoms with Crippen LogP contribution in [0.4, 0.5) is 0 Å². The number of carbonyl (C=O) groups is 3. The number of aromatic nitrogens is 1. The van der Waals surface area contributed by atoms with Crippen LogP contribution in [0.15, 0.2) is 65.9 Å². The predicted molar refractivity (Wildman–Crippen MR) is 125 cm³/mol. The summed E-state index contributed by atoms with van der Waals surface area (Å²) >= 11 is 0. The molecule has 35 heavy (non-hydrogen) atoms. The summed E-state index contributed by atoms with van der Waals surface area (Å²) in [5.41, 5.74) is 0.126. The van der Waals surface area contributed by atoms with Crippen molar-refractivity contribution in [3.8, 4) is 11.5 Å². The van der Waals surface area contributed by atoms with Gasteiger partial charge in [0.15, 0.2) is 5.78 Å². The topological polar surface area (TPSA) is 129 Å². The number of para-hydroxylation sites is 1. The molecule has 0 amide bonds. The van der Waals surface area contributed by atoms with E-state index in [9.17, 15) is 24.6 Å². The molecule has 1 unspecified atom stereocenters. The maximum atomic E-state index is 13.5. The molecule has 0 bridgehead atoms. The van der Waals surface area contributed by atoms with E-state index in [1.165, 1.54) is 44.7 Å². The molecule has 2 aliphatic heterocycles. The average Bonchev–Trinajstić information content (AvgIpc) is 3.25. The van der Waals surface area contributed by atoms with E-state index in [2.05, 4.69) is 4.98 Å². The molecule has 9 heteroatoms. The van der Waals surface area contributed by atoms with Gasteiger partial charge < -0.3 is 29.6 Å². The second kappa shape index (κ2) is 8.05. The Morgan fingerprint density at radius 2 is 1.83 bits per heavy atom. The first-order valence-corrected chi connectivity index (χ1v) is 10.9. The van der Waals surface area contributed by atoms with Gasteiger partial charge in [-0.2, -0.15) is 0 Å². The number of hydrogen-bond acceptors (Lipinski definition) is 8. The number of phenolic OH excluding ortho intramolecular Hbond substituents is 2. The molecule has 2 aromatic carbocycles. The Hall–Kier alpha value is -4.53. The number of H-pyrrole nitrogens is 1. The lowest BCUT2D eigenvalue weighted by atomic mass is 9.75. The summed E-state index contributed by atoms with van der Waals surface area (Å²) in [6.45, 7) is 0.261. The highest BCUT2D eigenvalue weighted by atomic mass is 16.5. The first-order chi connectivity index (χ1) is 16.8. The first-order valence-electron chi connectivity index (χ1n) is 10.9. The van der Waals surface area contributed by atoms with E-state index in [-0.39, 0.29) is 34.8 Å². The van der Waals surface area contributed by atoms with Crippen LogP contribution in [-0.4, -0.2) is 58.6 Å². The summed E-state index contributed by atoms with van der Waals surface area (Å²) < 4.78 is 10.2. The number of phenols is 2. The SMILES string of the molecule is COC(=O)C1=CC(C(=O)c2ccccc2O)=CN2CCc3c([nH]c4ccc(O)cc34)C12C(=O)OC. The number of methoxy groups -OCH3 is 2. The summed E-state index contributed by atoms with van der Waals surface area (Å²) in [7, 11) is 2.41. The monoisotopic (exact) mass is 474 g/mol. The van der Waals surface area contributed by atoms with Crippen molar-refractivity contribution in [3.05, 3.63) is 82.7 Å². The smallest absolute Gasteiger partial charge is 0.343 e. The number of benzene rings is 2. The molecule has 178 valence electrons. The van der Waals surface area contributed by atoms with Gasteiger partial charge in [0, 0.05) is 29.2 Å². The van der Waals surface area contributed by atoms with Gasteiger partial charge in [0.2, 0.25) is 5.54 Å². The molecule has 0 radical (unpaired) electrons. The highest BCUT2D eigenvalue weighted by Crippen LogP contribution is 2.48. The second-order valence-electron chi connectivity index (χ2n) is 8.33. The highest BCUT2D eigenvalue weighted by molar-refractivity contribution is 6.14. The Morgan fingerprint density at radius 1 is 1.06 bits per heavy atom. The number of ether oxygens (including phenoxy) is 2. The Kier molecular flexibility index (Phi) is 5.12. The van der Waals surface area contributed by atoms with Gasteiger partial charge in [-0.3, -0.25) is 4.79 Å². The van der Waals surface area contributed by atoms with Gasteiger partial charge in [-0.15, -0.1) is 0 Å². The minimum atomic E-state index is -1.74. The number of carbonyl (C=O) groups excluding carboxylic acids is 3. The van der Waals surface area contributed by atoms with Gasteiger partial charge >= 0.3 is 11.9 Å². The number of aromatic hydroxyl groups is 2. The first kappa shape index (κ1) is 22.3. The van der Waals surface area contributed by atoms with E-state index in [0.717, 1.165) is 5.56 Å². The molecule has 0 saturated heterocycles. The van der Waals surface area contributed by atoms with Gasteiger partial charge in [0.25, 0.3) is 0 Å². The van der Waals surface area contributed by atoms with Crippen LogP contribution in [0.5, 0.6) is 11.5 Å². The van der Waals surface area contributed by atoms with Crippen LogP contribution in [0.1, 0.15) is 21.6 Å². The Balaban J connectivity index is 1.77. The van der Waals surface area contributed by atoms with E-state index in [1.54, 1.807) is 29.2 Å². The zero-order chi connectivity index (χ0) is 24.9. The molecule has 2 aliphatic rings. The van der Waals surface area contributed by atoms with E-state index in [4.69, 9.17) is 9.47 Å². The quantitative estimate of drug-likeness (QED) is 0.389. The number of Topliss-reactive ketones (excluding diaryl/α,β-unsaturated/α-hetero) is 1. The summed E-state index contributed by atoms with van der Waals surface area (Å²) in [6, 6.07) is 10.9. The van der Waals surface area contributed by atoms with Gasteiger partial charge in [-0.1, -0.05) is 12.1 Å². The molecular formula is C26H22N2O7. The van der Waals surface area contributed by atoms with E-state index in [0.29, 0.717) is 23.0 Å². The Morgan fingerprint density at radius 3 is 2.54 bits per heavy atom. The molecule has 3 aromatic rings. The number of nitrogens with zero attached hydrogens (tertiary/aromatic N) is 1. The molecule has 3 heterocycles. The molecule has 0 aliphatic carbocycles. The molecule has 3 N–H and O–H groups in total. The lowest BCUT2D eigenvalue weighted by molar-refractivity contribution is -0.156. The number of aromatic amines is 1. The van der Waals surface area contributed by atoms with Gasteiger partial charge in [0.05, 0.1) is 31.1 Å². The van der Waals surface area contributed by atoms with Crippen LogP contribution >= 0.6 is 0 Å². The zero-order valence-corrected chi connectivity index (χ0v) is 19.0. The molecule has 1 atom stereocenters. The predicted octanol–water partition coefficient (Wildman–Crippen LogP) is 2.69. The van der Waals surface area contributed by atoms with Crippen LogP contribution in [0, 0.1) is 0 Å². The molecule has 0 fully saturated rings. The van der Waals surface area contributed by atoms with Crippen molar-refractivity contribution in [2.75, 3.05) is 20.8 Å². The van der Waals surface area contributed by atoms with Gasteiger partial charge in [-0.05, 0) is 48.4 Å². The Bertz CT molecular complexity index is 1470. The van der Waals surface area contributed by atoms with Gasteiger partial charge in [0.1, 0.15) is 11.5 Å². The zero-order valence-electron chi connectivity index (χ0n) is 19.0. The highest BCUT2D eigenvalue weighted by Gasteiger charge is 2.58. The molecule has 1 aromatic heterocycles. The van der Waals surface area contributed by atoms with Crippen molar-refractivity contribution in [2.45, 2.75) is 12.0 Å². The summed E-state index contributed by atoms with van der Waals surface area (Å²) in [6.07, 6.45) is 3.27. The summed E-state index contributed by atoms with van der Waals surface area (Å²) in [5, 5.41) is 21.0. The number of esters is 2. The maximum absolute atomic E-state index is 13.5. The molecular weight excluding hydrogens is 452 g/mol. The van der Waals surface area contributed by atoms with E-state index in [1.807, 2.05) is 0 Å². The van der Waals surface area contributed by atoms with Crippen molar-refractivity contribution in [3.63, 3.8) is 0 Å². The maximum Gasteiger partial charge on any atom is 0.343 e. The fraction of sp³-hybridized carbons (Fsp3) is 0.192. The fourth-order valence-electron chi connectivity index (χ4n) is 5.00. The number of fused-ring (bicyclic) bond motifs is 5. The fourth-order valence-corrected chi connectivity index (χ4v) is 5.00. The van der Waals surface area contributed by atoms with E-state index >= 15 is 0 Å². The number of rotatable bonds is 4. The third-order valence-corrected chi connectivity index (χ3v) is 6.57. The van der Waals surface area contributed by atoms with Crippen molar-refractivity contribution in [1.82, 2.24) is 9.88 Å². The summed E-state index contributed by atoms with van der Waals surface area (Å²) in [4.78, 5) is 44.8. The minimum Gasteiger partial charge on any atom is -0.508 e. The standard InChI is InChI=1S/C26H22N2O7/c1-34-24(32)19-11-14(22(31)17-5-3-4-6-21(17)30)13-28-10-9-16-18-12-15(29)7-8-20(18)27-23(16)26(19,28)25(33)35-2/h3-8,11-13,27,29-30H,9-10H2,1-2H3. The van der Waals surface area contributed by atoms with Crippen molar-refractivity contribution >= 4 is 28.6 Å². The molecule has 0 spiro atoms. The second-order valence-corrected chi connectivity index (χ2v) is 8.33. The van der Waals surface area contributed by atoms with Crippen molar-refractivity contribution in [1.29, 1.82) is 0 Å². The Labute approximate surface area is 199 Å². The largest absolute Gasteiger partial charge is 0.508 e. The molecule has 5 rings (SSSR count). The lowest BCUT2D eigenvalue weighted by Gasteiger charge is -2.46. The number of ketones is 1. The van der Waals surface area contributed by atoms with Gasteiger partial charge in [-0.25, -0.2) is 9.59 Å². The summed E-state index contributed by atoms with van der Waals surface area (Å²) in [5.74, 6) is -2.21. The van der Waals surface area contributed by atoms with Crippen LogP contribution < -0.4 is 0 Å². The number of nitrogens with one attached hydrogen (secondary N) is 1. The van der Waals surface area contributed by atoms with Crippen LogP contribution in [0.25, 0.3) is 10.9 Å².